The molecule has 0 spiro atoms. The van der Waals surface area contributed by atoms with Crippen molar-refractivity contribution in [2.45, 2.75) is 49.6 Å². The van der Waals surface area contributed by atoms with Crippen LogP contribution in [-0.2, 0) is 24.3 Å². The fraction of sp³-hybridized carbons (Fsp3) is 0.556. The van der Waals surface area contributed by atoms with Crippen molar-refractivity contribution in [2.24, 2.45) is 0 Å². The zero-order valence-corrected chi connectivity index (χ0v) is 16.2. The Morgan fingerprint density at radius 3 is 2.67 bits per heavy atom. The van der Waals surface area contributed by atoms with Gasteiger partial charge in [-0.1, -0.05) is 6.42 Å². The molecule has 2 aliphatic heterocycles. The smallest absolute Gasteiger partial charge is 0.347 e. The Morgan fingerprint density at radius 1 is 1.26 bits per heavy atom. The van der Waals surface area contributed by atoms with Gasteiger partial charge in [0.1, 0.15) is 10.6 Å². The summed E-state index contributed by atoms with van der Waals surface area (Å²) in [5.41, 5.74) is 0.0405. The van der Waals surface area contributed by atoms with Crippen LogP contribution in [-0.4, -0.2) is 57.1 Å². The number of hydrogen-bond acceptors (Lipinski definition) is 7. The SMILES string of the molecule is COc1ccc(C(=O)O[C@@H]2CCOC2=O)cc1S(=O)(=O)N1CCCC[C@H]1C. The number of carbonyl (C=O) groups is 2. The Morgan fingerprint density at radius 2 is 2.04 bits per heavy atom. The molecule has 0 aromatic heterocycles. The molecule has 0 aliphatic carbocycles. The first-order valence-electron chi connectivity index (χ1n) is 8.92. The largest absolute Gasteiger partial charge is 0.495 e. The summed E-state index contributed by atoms with van der Waals surface area (Å²) in [5, 5.41) is 0. The van der Waals surface area contributed by atoms with E-state index in [4.69, 9.17) is 14.2 Å². The molecule has 27 heavy (non-hydrogen) atoms. The fourth-order valence-corrected chi connectivity index (χ4v) is 5.22. The number of piperidine rings is 1. The Labute approximate surface area is 158 Å². The third kappa shape index (κ3) is 3.93. The number of esters is 2. The van der Waals surface area contributed by atoms with E-state index < -0.39 is 28.1 Å². The predicted molar refractivity (Wildman–Crippen MR) is 95.0 cm³/mol. The van der Waals surface area contributed by atoms with Gasteiger partial charge in [-0.2, -0.15) is 4.31 Å². The third-order valence-corrected chi connectivity index (χ3v) is 6.90. The molecule has 2 heterocycles. The Hall–Kier alpha value is -2.13. The van der Waals surface area contributed by atoms with Crippen molar-refractivity contribution in [3.05, 3.63) is 23.8 Å². The standard InChI is InChI=1S/C18H23NO7S/c1-12-5-3-4-9-19(12)27(22,23)16-11-13(6-7-14(16)24-2)17(20)26-15-8-10-25-18(15)21/h6-7,11-12,15H,3-5,8-10H2,1-2H3/t12-,15-/m1/s1. The van der Waals surface area contributed by atoms with Crippen LogP contribution >= 0.6 is 0 Å². The normalized spacial score (nSPS) is 23.7. The molecule has 8 nitrogen and oxygen atoms in total. The van der Waals surface area contributed by atoms with Gasteiger partial charge in [-0.05, 0) is 38.0 Å². The number of nitrogens with zero attached hydrogens (tertiary/aromatic N) is 1. The van der Waals surface area contributed by atoms with E-state index in [0.29, 0.717) is 6.54 Å². The van der Waals surface area contributed by atoms with Crippen LogP contribution in [0.2, 0.25) is 0 Å². The van der Waals surface area contributed by atoms with Gasteiger partial charge >= 0.3 is 11.9 Å². The second-order valence-corrected chi connectivity index (χ2v) is 8.54. The highest BCUT2D eigenvalue weighted by atomic mass is 32.2. The maximum Gasteiger partial charge on any atom is 0.347 e. The molecule has 148 valence electrons. The Bertz CT molecular complexity index is 836. The maximum atomic E-state index is 13.2. The molecule has 0 N–H and O–H groups in total. The zero-order chi connectivity index (χ0) is 19.6. The minimum absolute atomic E-state index is 0.0405. The molecular formula is C18H23NO7S. The van der Waals surface area contributed by atoms with Crippen molar-refractivity contribution >= 4 is 22.0 Å². The van der Waals surface area contributed by atoms with Crippen molar-refractivity contribution in [3.8, 4) is 5.75 Å². The molecule has 0 bridgehead atoms. The molecule has 0 amide bonds. The molecule has 2 saturated heterocycles. The van der Waals surface area contributed by atoms with E-state index >= 15 is 0 Å². The minimum Gasteiger partial charge on any atom is -0.495 e. The van der Waals surface area contributed by atoms with Crippen molar-refractivity contribution in [1.82, 2.24) is 4.31 Å². The average molecular weight is 397 g/mol. The zero-order valence-electron chi connectivity index (χ0n) is 15.3. The lowest BCUT2D eigenvalue weighted by Crippen LogP contribution is -2.42. The van der Waals surface area contributed by atoms with E-state index in [2.05, 4.69) is 0 Å². The lowest BCUT2D eigenvalue weighted by atomic mass is 10.1. The van der Waals surface area contributed by atoms with Gasteiger partial charge in [-0.25, -0.2) is 18.0 Å². The van der Waals surface area contributed by atoms with Crippen molar-refractivity contribution < 1.29 is 32.2 Å². The summed E-state index contributed by atoms with van der Waals surface area (Å²) in [6.45, 7) is 2.49. The number of carbonyl (C=O) groups excluding carboxylic acids is 2. The van der Waals surface area contributed by atoms with Gasteiger partial charge in [-0.3, -0.25) is 0 Å². The fourth-order valence-electron chi connectivity index (χ4n) is 3.34. The summed E-state index contributed by atoms with van der Waals surface area (Å²) >= 11 is 0. The molecule has 2 aliphatic rings. The molecule has 2 atom stereocenters. The van der Waals surface area contributed by atoms with Crippen molar-refractivity contribution in [2.75, 3.05) is 20.3 Å². The summed E-state index contributed by atoms with van der Waals surface area (Å²) in [7, 11) is -2.46. The van der Waals surface area contributed by atoms with Gasteiger partial charge in [-0.15, -0.1) is 0 Å². The Kier molecular flexibility index (Phi) is 5.71. The second-order valence-electron chi connectivity index (χ2n) is 6.68. The molecule has 0 radical (unpaired) electrons. The topological polar surface area (TPSA) is 99.2 Å². The maximum absolute atomic E-state index is 13.2. The highest BCUT2D eigenvalue weighted by Gasteiger charge is 2.35. The van der Waals surface area contributed by atoms with Crippen LogP contribution in [0.25, 0.3) is 0 Å². The van der Waals surface area contributed by atoms with E-state index in [1.54, 1.807) is 0 Å². The van der Waals surface area contributed by atoms with Crippen LogP contribution < -0.4 is 4.74 Å². The second kappa shape index (κ2) is 7.85. The lowest BCUT2D eigenvalue weighted by molar-refractivity contribution is -0.145. The highest BCUT2D eigenvalue weighted by molar-refractivity contribution is 7.89. The average Bonchev–Trinajstić information content (AvgIpc) is 3.06. The van der Waals surface area contributed by atoms with Gasteiger partial charge < -0.3 is 14.2 Å². The summed E-state index contributed by atoms with van der Waals surface area (Å²) in [6.07, 6.45) is 1.89. The molecule has 0 saturated carbocycles. The molecule has 0 unspecified atom stereocenters. The molecule has 2 fully saturated rings. The van der Waals surface area contributed by atoms with Crippen molar-refractivity contribution in [3.63, 3.8) is 0 Å². The van der Waals surface area contributed by atoms with E-state index in [-0.39, 0.29) is 35.3 Å². The predicted octanol–water partition coefficient (Wildman–Crippen LogP) is 1.73. The number of cyclic esters (lactones) is 1. The minimum atomic E-state index is -3.84. The summed E-state index contributed by atoms with van der Waals surface area (Å²) in [5.74, 6) is -1.21. The van der Waals surface area contributed by atoms with Gasteiger partial charge in [0.25, 0.3) is 0 Å². The monoisotopic (exact) mass is 397 g/mol. The van der Waals surface area contributed by atoms with Gasteiger partial charge in [0, 0.05) is 19.0 Å². The molecule has 1 aromatic rings. The lowest BCUT2D eigenvalue weighted by Gasteiger charge is -2.32. The number of ether oxygens (including phenoxy) is 3. The molecular weight excluding hydrogens is 374 g/mol. The molecule has 3 rings (SSSR count). The number of rotatable bonds is 5. The third-order valence-electron chi connectivity index (χ3n) is 4.86. The van der Waals surface area contributed by atoms with Crippen LogP contribution in [0.5, 0.6) is 5.75 Å². The summed E-state index contributed by atoms with van der Waals surface area (Å²) < 4.78 is 42.9. The van der Waals surface area contributed by atoms with Crippen LogP contribution in [0.4, 0.5) is 0 Å². The van der Waals surface area contributed by atoms with E-state index in [1.807, 2.05) is 6.92 Å². The van der Waals surface area contributed by atoms with E-state index in [9.17, 15) is 18.0 Å². The molecule has 1 aromatic carbocycles. The van der Waals surface area contributed by atoms with Crippen molar-refractivity contribution in [1.29, 1.82) is 0 Å². The summed E-state index contributed by atoms with van der Waals surface area (Å²) in [6, 6.07) is 3.96. The number of sulfonamides is 1. The van der Waals surface area contributed by atoms with E-state index in [0.717, 1.165) is 19.3 Å². The van der Waals surface area contributed by atoms with Gasteiger partial charge in [0.2, 0.25) is 16.1 Å². The number of methoxy groups -OCH3 is 1. The first kappa shape index (κ1) is 19.6. The summed E-state index contributed by atoms with van der Waals surface area (Å²) in [4.78, 5) is 23.8. The van der Waals surface area contributed by atoms with Crippen LogP contribution in [0.15, 0.2) is 23.1 Å². The van der Waals surface area contributed by atoms with Gasteiger partial charge in [0.05, 0.1) is 19.3 Å². The number of hydrogen-bond donors (Lipinski definition) is 0. The van der Waals surface area contributed by atoms with Crippen LogP contribution in [0.3, 0.4) is 0 Å². The van der Waals surface area contributed by atoms with Crippen LogP contribution in [0, 0.1) is 0 Å². The number of benzene rings is 1. The highest BCUT2D eigenvalue weighted by Crippen LogP contribution is 2.32. The quantitative estimate of drug-likeness (QED) is 0.698. The van der Waals surface area contributed by atoms with Gasteiger partial charge in [0.15, 0.2) is 0 Å². The van der Waals surface area contributed by atoms with E-state index in [1.165, 1.54) is 29.6 Å². The van der Waals surface area contributed by atoms with Crippen LogP contribution in [0.1, 0.15) is 43.0 Å². The first-order valence-corrected chi connectivity index (χ1v) is 10.4. The molecule has 9 heteroatoms. The first-order chi connectivity index (χ1) is 12.8. The Balaban J connectivity index is 1.91.